The summed E-state index contributed by atoms with van der Waals surface area (Å²) in [6, 6.07) is 5.48. The summed E-state index contributed by atoms with van der Waals surface area (Å²) >= 11 is 3.44. The Bertz CT molecular complexity index is 501. The van der Waals surface area contributed by atoms with Gasteiger partial charge < -0.3 is 11.1 Å². The standard InChI is InChI=1S/C12H15BrN4O/c1-2-6-15-12(18)17-7-10(14)8-4-3-5-9(13)11(8)16-17/h3-5,7,16H,2,6,14H2,1H3,(H,15,18). The van der Waals surface area contributed by atoms with Crippen molar-refractivity contribution in [2.24, 2.45) is 5.73 Å². The Morgan fingerprint density at radius 3 is 3.06 bits per heavy atom. The minimum Gasteiger partial charge on any atom is -0.397 e. The Morgan fingerprint density at radius 2 is 2.33 bits per heavy atom. The van der Waals surface area contributed by atoms with Crippen LogP contribution in [0.15, 0.2) is 28.9 Å². The van der Waals surface area contributed by atoms with Crippen LogP contribution in [0.4, 0.5) is 10.5 Å². The van der Waals surface area contributed by atoms with E-state index < -0.39 is 0 Å². The Balaban J connectivity index is 2.24. The Labute approximate surface area is 114 Å². The molecule has 0 spiro atoms. The molecule has 2 rings (SSSR count). The van der Waals surface area contributed by atoms with E-state index in [1.54, 1.807) is 6.20 Å². The van der Waals surface area contributed by atoms with Crippen molar-refractivity contribution in [3.05, 3.63) is 34.4 Å². The lowest BCUT2D eigenvalue weighted by Crippen LogP contribution is -2.42. The molecule has 0 aliphatic carbocycles. The van der Waals surface area contributed by atoms with Gasteiger partial charge in [0.25, 0.3) is 0 Å². The quantitative estimate of drug-likeness (QED) is 0.786. The summed E-state index contributed by atoms with van der Waals surface area (Å²) in [7, 11) is 0. The molecule has 0 bridgehead atoms. The zero-order valence-corrected chi connectivity index (χ0v) is 11.6. The zero-order valence-electron chi connectivity index (χ0n) is 10.0. The fraction of sp³-hybridized carbons (Fsp3) is 0.250. The third-order valence-electron chi connectivity index (χ3n) is 2.57. The highest BCUT2D eigenvalue weighted by molar-refractivity contribution is 9.10. The van der Waals surface area contributed by atoms with E-state index in [4.69, 9.17) is 5.73 Å². The molecule has 2 amide bonds. The van der Waals surface area contributed by atoms with E-state index in [1.165, 1.54) is 5.01 Å². The first-order valence-electron chi connectivity index (χ1n) is 5.73. The Hall–Kier alpha value is -1.69. The minimum atomic E-state index is -0.221. The topological polar surface area (TPSA) is 70.4 Å². The van der Waals surface area contributed by atoms with Gasteiger partial charge in [0.05, 0.1) is 17.6 Å². The van der Waals surface area contributed by atoms with Gasteiger partial charge in [0.15, 0.2) is 0 Å². The number of benzene rings is 1. The first-order chi connectivity index (χ1) is 8.63. The molecule has 1 aliphatic heterocycles. The number of carbonyl (C=O) groups is 1. The number of anilines is 1. The molecule has 5 nitrogen and oxygen atoms in total. The van der Waals surface area contributed by atoms with Crippen molar-refractivity contribution in [2.75, 3.05) is 12.0 Å². The Kier molecular flexibility index (Phi) is 3.76. The molecule has 1 aliphatic rings. The van der Waals surface area contributed by atoms with E-state index in [9.17, 15) is 4.79 Å². The van der Waals surface area contributed by atoms with Crippen LogP contribution in [0.25, 0.3) is 5.70 Å². The molecule has 1 heterocycles. The fourth-order valence-electron chi connectivity index (χ4n) is 1.67. The van der Waals surface area contributed by atoms with Gasteiger partial charge in [-0.25, -0.2) is 9.80 Å². The maximum atomic E-state index is 11.9. The molecule has 0 saturated heterocycles. The van der Waals surface area contributed by atoms with Crippen molar-refractivity contribution >= 4 is 33.3 Å². The number of amides is 2. The summed E-state index contributed by atoms with van der Waals surface area (Å²) in [4.78, 5) is 11.9. The largest absolute Gasteiger partial charge is 0.397 e. The first-order valence-corrected chi connectivity index (χ1v) is 6.52. The van der Waals surface area contributed by atoms with Gasteiger partial charge in [-0.3, -0.25) is 5.43 Å². The van der Waals surface area contributed by atoms with Crippen LogP contribution in [0, 0.1) is 0 Å². The number of rotatable bonds is 2. The van der Waals surface area contributed by atoms with Crippen LogP contribution in [0.2, 0.25) is 0 Å². The molecule has 0 unspecified atom stereocenters. The lowest BCUT2D eigenvalue weighted by Gasteiger charge is -2.28. The highest BCUT2D eigenvalue weighted by atomic mass is 79.9. The lowest BCUT2D eigenvalue weighted by molar-refractivity contribution is 0.221. The van der Waals surface area contributed by atoms with Gasteiger partial charge in [-0.15, -0.1) is 0 Å². The van der Waals surface area contributed by atoms with E-state index in [2.05, 4.69) is 26.7 Å². The maximum Gasteiger partial charge on any atom is 0.340 e. The van der Waals surface area contributed by atoms with E-state index in [0.717, 1.165) is 22.1 Å². The molecule has 0 atom stereocenters. The number of nitrogens with two attached hydrogens (primary N) is 1. The summed E-state index contributed by atoms with van der Waals surface area (Å²) < 4.78 is 0.865. The Morgan fingerprint density at radius 1 is 1.56 bits per heavy atom. The molecule has 0 fully saturated rings. The lowest BCUT2D eigenvalue weighted by atomic mass is 10.1. The molecule has 0 saturated carbocycles. The number of hydrazine groups is 1. The molecule has 96 valence electrons. The number of nitrogens with zero attached hydrogens (tertiary/aromatic N) is 1. The molecule has 1 aromatic rings. The molecule has 0 radical (unpaired) electrons. The monoisotopic (exact) mass is 310 g/mol. The van der Waals surface area contributed by atoms with Gasteiger partial charge in [0.1, 0.15) is 0 Å². The van der Waals surface area contributed by atoms with Crippen LogP contribution in [-0.2, 0) is 0 Å². The average molecular weight is 311 g/mol. The van der Waals surface area contributed by atoms with Gasteiger partial charge in [0.2, 0.25) is 0 Å². The van der Waals surface area contributed by atoms with Gasteiger partial charge in [-0.1, -0.05) is 19.1 Å². The number of hydrogen-bond donors (Lipinski definition) is 3. The fourth-order valence-corrected chi connectivity index (χ4v) is 2.12. The number of halogens is 1. The second kappa shape index (κ2) is 5.30. The number of urea groups is 1. The highest BCUT2D eigenvalue weighted by Gasteiger charge is 2.20. The maximum absolute atomic E-state index is 11.9. The molecule has 4 N–H and O–H groups in total. The SMILES string of the molecule is CCCNC(=O)N1C=C(N)c2cccc(Br)c2N1. The van der Waals surface area contributed by atoms with E-state index in [-0.39, 0.29) is 6.03 Å². The van der Waals surface area contributed by atoms with Crippen LogP contribution in [0.3, 0.4) is 0 Å². The van der Waals surface area contributed by atoms with Crippen molar-refractivity contribution in [2.45, 2.75) is 13.3 Å². The molecular weight excluding hydrogens is 296 g/mol. The van der Waals surface area contributed by atoms with Crippen molar-refractivity contribution in [1.29, 1.82) is 0 Å². The van der Waals surface area contributed by atoms with Gasteiger partial charge in [0, 0.05) is 16.6 Å². The third-order valence-corrected chi connectivity index (χ3v) is 3.23. The normalized spacial score (nSPS) is 13.4. The first kappa shape index (κ1) is 12.8. The van der Waals surface area contributed by atoms with Crippen LogP contribution in [0.1, 0.15) is 18.9 Å². The van der Waals surface area contributed by atoms with Gasteiger partial charge in [-0.2, -0.15) is 0 Å². The van der Waals surface area contributed by atoms with Crippen LogP contribution < -0.4 is 16.5 Å². The number of nitrogens with one attached hydrogen (secondary N) is 2. The molecule has 6 heteroatoms. The molecular formula is C12H15BrN4O. The molecule has 18 heavy (non-hydrogen) atoms. The van der Waals surface area contributed by atoms with Crippen molar-refractivity contribution in [3.8, 4) is 0 Å². The van der Waals surface area contributed by atoms with Gasteiger partial charge in [-0.05, 0) is 28.4 Å². The predicted molar refractivity (Wildman–Crippen MR) is 75.5 cm³/mol. The average Bonchev–Trinajstić information content (AvgIpc) is 2.37. The number of fused-ring (bicyclic) bond motifs is 1. The summed E-state index contributed by atoms with van der Waals surface area (Å²) in [5.41, 5.74) is 11.2. The highest BCUT2D eigenvalue weighted by Crippen LogP contribution is 2.32. The molecule has 0 aromatic heterocycles. The summed E-state index contributed by atoms with van der Waals surface area (Å²) in [5.74, 6) is 0. The smallest absolute Gasteiger partial charge is 0.340 e. The molecule has 1 aromatic carbocycles. The third kappa shape index (κ3) is 2.43. The van der Waals surface area contributed by atoms with E-state index in [1.807, 2.05) is 25.1 Å². The number of carbonyl (C=O) groups excluding carboxylic acids is 1. The van der Waals surface area contributed by atoms with Crippen molar-refractivity contribution in [3.63, 3.8) is 0 Å². The number of hydrogen-bond acceptors (Lipinski definition) is 3. The van der Waals surface area contributed by atoms with Crippen LogP contribution in [0.5, 0.6) is 0 Å². The second-order valence-electron chi connectivity index (χ2n) is 3.96. The number of para-hydroxylation sites is 1. The summed E-state index contributed by atoms with van der Waals surface area (Å²) in [6.45, 7) is 2.63. The van der Waals surface area contributed by atoms with Crippen molar-refractivity contribution in [1.82, 2.24) is 10.3 Å². The summed E-state index contributed by atoms with van der Waals surface area (Å²) in [5, 5.41) is 4.14. The van der Waals surface area contributed by atoms with Crippen LogP contribution >= 0.6 is 15.9 Å². The predicted octanol–water partition coefficient (Wildman–Crippen LogP) is 2.47. The second-order valence-corrected chi connectivity index (χ2v) is 4.81. The zero-order chi connectivity index (χ0) is 13.1. The van der Waals surface area contributed by atoms with Gasteiger partial charge >= 0.3 is 6.03 Å². The minimum absolute atomic E-state index is 0.221. The van der Waals surface area contributed by atoms with E-state index >= 15 is 0 Å². The summed E-state index contributed by atoms with van der Waals surface area (Å²) in [6.07, 6.45) is 2.47. The van der Waals surface area contributed by atoms with Crippen molar-refractivity contribution < 1.29 is 4.79 Å². The van der Waals surface area contributed by atoms with E-state index in [0.29, 0.717) is 12.2 Å². The van der Waals surface area contributed by atoms with Crippen LogP contribution in [-0.4, -0.2) is 17.6 Å².